The van der Waals surface area contributed by atoms with Crippen LogP contribution in [0.5, 0.6) is 0 Å². The SMILES string of the molecule is CCCC(=O)c1cnc(N2CCN(c3ncc(-c4cccc(CNC(=O)CNC(=O)OC(C)(C)C)c4)cn3)CC2)c(Cl)c1. The third kappa shape index (κ3) is 9.12. The van der Waals surface area contributed by atoms with Gasteiger partial charge in [0.1, 0.15) is 18.0 Å². The first-order valence-electron chi connectivity index (χ1n) is 14.4. The van der Waals surface area contributed by atoms with E-state index < -0.39 is 11.7 Å². The van der Waals surface area contributed by atoms with Crippen LogP contribution in [0.1, 0.15) is 56.5 Å². The molecule has 3 heterocycles. The lowest BCUT2D eigenvalue weighted by Gasteiger charge is -2.35. The first-order valence-corrected chi connectivity index (χ1v) is 14.7. The quantitative estimate of drug-likeness (QED) is 0.317. The number of hydrogen-bond acceptors (Lipinski definition) is 9. The Morgan fingerprint density at radius 3 is 2.28 bits per heavy atom. The molecular formula is C31H38ClN7O4. The molecule has 1 fully saturated rings. The van der Waals surface area contributed by atoms with Crippen molar-refractivity contribution in [1.29, 1.82) is 0 Å². The molecule has 3 aromatic rings. The molecule has 0 spiro atoms. The Labute approximate surface area is 257 Å². The van der Waals surface area contributed by atoms with Crippen molar-refractivity contribution in [2.45, 2.75) is 52.7 Å². The van der Waals surface area contributed by atoms with Crippen LogP contribution in [-0.2, 0) is 16.1 Å². The van der Waals surface area contributed by atoms with E-state index in [2.05, 4.69) is 35.4 Å². The number of benzene rings is 1. The van der Waals surface area contributed by atoms with Crippen LogP contribution in [0.4, 0.5) is 16.6 Å². The van der Waals surface area contributed by atoms with Crippen molar-refractivity contribution in [3.8, 4) is 11.1 Å². The fourth-order valence-corrected chi connectivity index (χ4v) is 4.82. The summed E-state index contributed by atoms with van der Waals surface area (Å²) in [7, 11) is 0. The lowest BCUT2D eigenvalue weighted by atomic mass is 10.1. The number of aromatic nitrogens is 3. The van der Waals surface area contributed by atoms with Gasteiger partial charge in [0.25, 0.3) is 0 Å². The van der Waals surface area contributed by atoms with E-state index in [-0.39, 0.29) is 18.2 Å². The molecule has 1 aliphatic rings. The second-order valence-corrected chi connectivity index (χ2v) is 11.7. The number of Topliss-reactive ketones (excluding diaryl/α,β-unsaturated/α-hetero) is 1. The number of nitrogens with zero attached hydrogens (tertiary/aromatic N) is 5. The molecule has 12 heteroatoms. The van der Waals surface area contributed by atoms with Crippen LogP contribution < -0.4 is 20.4 Å². The minimum Gasteiger partial charge on any atom is -0.444 e. The maximum atomic E-state index is 12.2. The van der Waals surface area contributed by atoms with E-state index in [1.165, 1.54) is 0 Å². The Balaban J connectivity index is 1.28. The van der Waals surface area contributed by atoms with E-state index in [0.29, 0.717) is 61.5 Å². The van der Waals surface area contributed by atoms with Gasteiger partial charge in [-0.2, -0.15) is 0 Å². The molecule has 1 aliphatic heterocycles. The number of nitrogens with one attached hydrogen (secondary N) is 2. The number of alkyl carbamates (subject to hydrolysis) is 1. The molecule has 2 aromatic heterocycles. The average Bonchev–Trinajstić information content (AvgIpc) is 2.98. The summed E-state index contributed by atoms with van der Waals surface area (Å²) in [5, 5.41) is 5.73. The molecule has 0 unspecified atom stereocenters. The molecule has 0 radical (unpaired) electrons. The zero-order valence-corrected chi connectivity index (χ0v) is 25.8. The molecule has 1 aromatic carbocycles. The van der Waals surface area contributed by atoms with Gasteiger partial charge in [-0.05, 0) is 50.5 Å². The number of rotatable bonds is 10. The number of anilines is 2. The predicted molar refractivity (Wildman–Crippen MR) is 166 cm³/mol. The summed E-state index contributed by atoms with van der Waals surface area (Å²) < 4.78 is 5.14. The lowest BCUT2D eigenvalue weighted by Crippen LogP contribution is -2.47. The smallest absolute Gasteiger partial charge is 0.408 e. The molecule has 0 atom stereocenters. The zero-order chi connectivity index (χ0) is 31.0. The van der Waals surface area contributed by atoms with Crippen molar-refractivity contribution >= 4 is 41.2 Å². The number of carbonyl (C=O) groups is 3. The minimum absolute atomic E-state index is 0.0528. The van der Waals surface area contributed by atoms with Gasteiger partial charge in [-0.3, -0.25) is 9.59 Å². The highest BCUT2D eigenvalue weighted by Gasteiger charge is 2.22. The Kier molecular flexibility index (Phi) is 10.5. The summed E-state index contributed by atoms with van der Waals surface area (Å²) in [6.07, 6.45) is 5.83. The fraction of sp³-hybridized carbons (Fsp3) is 0.419. The van der Waals surface area contributed by atoms with Crippen LogP contribution >= 0.6 is 11.6 Å². The van der Waals surface area contributed by atoms with Gasteiger partial charge >= 0.3 is 6.09 Å². The highest BCUT2D eigenvalue weighted by Crippen LogP contribution is 2.27. The second-order valence-electron chi connectivity index (χ2n) is 11.3. The van der Waals surface area contributed by atoms with Gasteiger partial charge in [-0.25, -0.2) is 19.7 Å². The van der Waals surface area contributed by atoms with Gasteiger partial charge < -0.3 is 25.2 Å². The maximum Gasteiger partial charge on any atom is 0.408 e. The maximum absolute atomic E-state index is 12.2. The monoisotopic (exact) mass is 607 g/mol. The first-order chi connectivity index (χ1) is 20.5. The van der Waals surface area contributed by atoms with Gasteiger partial charge in [0.2, 0.25) is 11.9 Å². The van der Waals surface area contributed by atoms with Crippen molar-refractivity contribution in [1.82, 2.24) is 25.6 Å². The van der Waals surface area contributed by atoms with Gasteiger partial charge in [-0.1, -0.05) is 36.7 Å². The molecule has 11 nitrogen and oxygen atoms in total. The molecular weight excluding hydrogens is 570 g/mol. The molecule has 2 N–H and O–H groups in total. The summed E-state index contributed by atoms with van der Waals surface area (Å²) in [5.74, 6) is 1.06. The van der Waals surface area contributed by atoms with E-state index in [0.717, 1.165) is 23.1 Å². The van der Waals surface area contributed by atoms with Crippen molar-refractivity contribution < 1.29 is 19.1 Å². The molecule has 228 valence electrons. The van der Waals surface area contributed by atoms with Crippen LogP contribution in [-0.4, -0.2) is 71.1 Å². The summed E-state index contributed by atoms with van der Waals surface area (Å²) in [6.45, 7) is 10.2. The van der Waals surface area contributed by atoms with Crippen LogP contribution in [0.15, 0.2) is 48.9 Å². The molecule has 2 amide bonds. The zero-order valence-electron chi connectivity index (χ0n) is 25.0. The van der Waals surface area contributed by atoms with Crippen molar-refractivity contribution in [3.05, 3.63) is 65.1 Å². The van der Waals surface area contributed by atoms with Gasteiger partial charge in [0.15, 0.2) is 5.78 Å². The molecule has 0 aliphatic carbocycles. The summed E-state index contributed by atoms with van der Waals surface area (Å²) in [4.78, 5) is 54.0. The van der Waals surface area contributed by atoms with Gasteiger partial charge in [0, 0.05) is 68.9 Å². The number of hydrogen-bond donors (Lipinski definition) is 2. The highest BCUT2D eigenvalue weighted by atomic mass is 35.5. The summed E-state index contributed by atoms with van der Waals surface area (Å²) >= 11 is 6.49. The fourth-order valence-electron chi connectivity index (χ4n) is 4.53. The van der Waals surface area contributed by atoms with Crippen molar-refractivity contribution in [2.24, 2.45) is 0 Å². The molecule has 43 heavy (non-hydrogen) atoms. The lowest BCUT2D eigenvalue weighted by molar-refractivity contribution is -0.120. The van der Waals surface area contributed by atoms with Crippen LogP contribution in [0.25, 0.3) is 11.1 Å². The molecule has 4 rings (SSSR count). The third-order valence-corrected chi connectivity index (χ3v) is 6.94. The van der Waals surface area contributed by atoms with Gasteiger partial charge in [-0.15, -0.1) is 0 Å². The van der Waals surface area contributed by atoms with Crippen LogP contribution in [0, 0.1) is 0 Å². The summed E-state index contributed by atoms with van der Waals surface area (Å²) in [5.41, 5.74) is 2.60. The Hall–Kier alpha value is -4.25. The number of carbonyl (C=O) groups excluding carboxylic acids is 3. The predicted octanol–water partition coefficient (Wildman–Crippen LogP) is 4.64. The number of ketones is 1. The third-order valence-electron chi connectivity index (χ3n) is 6.66. The number of amides is 2. The van der Waals surface area contributed by atoms with Crippen molar-refractivity contribution in [2.75, 3.05) is 42.5 Å². The number of pyridine rings is 1. The second kappa shape index (κ2) is 14.3. The molecule has 1 saturated heterocycles. The normalized spacial score (nSPS) is 13.4. The minimum atomic E-state index is -0.637. The Morgan fingerprint density at radius 1 is 0.930 bits per heavy atom. The first kappa shape index (κ1) is 31.7. The van der Waals surface area contributed by atoms with E-state index in [1.807, 2.05) is 31.2 Å². The largest absolute Gasteiger partial charge is 0.444 e. The topological polar surface area (TPSA) is 130 Å². The van der Waals surface area contributed by atoms with Crippen LogP contribution in [0.2, 0.25) is 5.02 Å². The summed E-state index contributed by atoms with van der Waals surface area (Å²) in [6, 6.07) is 9.47. The van der Waals surface area contributed by atoms with E-state index in [1.54, 1.807) is 45.4 Å². The van der Waals surface area contributed by atoms with E-state index in [9.17, 15) is 14.4 Å². The highest BCUT2D eigenvalue weighted by molar-refractivity contribution is 6.33. The van der Waals surface area contributed by atoms with Crippen molar-refractivity contribution in [3.63, 3.8) is 0 Å². The standard InChI is InChI=1S/C31H38ClN7O4/c1-5-7-26(40)23-15-25(32)28(34-17-23)38-10-12-39(13-11-38)29-35-18-24(19-36-29)22-9-6-8-21(14-22)16-33-27(41)20-37-30(42)43-31(2,3)4/h6,8-9,14-15,17-19H,5,7,10-13,16,20H2,1-4H3,(H,33,41)(H,37,42). The Morgan fingerprint density at radius 2 is 1.63 bits per heavy atom. The van der Waals surface area contributed by atoms with E-state index in [4.69, 9.17) is 16.3 Å². The van der Waals surface area contributed by atoms with E-state index >= 15 is 0 Å². The molecule has 0 bridgehead atoms. The van der Waals surface area contributed by atoms with Gasteiger partial charge in [0.05, 0.1) is 5.02 Å². The average molecular weight is 608 g/mol. The molecule has 0 saturated carbocycles. The van der Waals surface area contributed by atoms with Crippen LogP contribution in [0.3, 0.4) is 0 Å². The number of piperazine rings is 1. The Bertz CT molecular complexity index is 1430. The number of ether oxygens (including phenoxy) is 1. The number of halogens is 1.